The quantitative estimate of drug-likeness (QED) is 0.377. The van der Waals surface area contributed by atoms with Crippen molar-refractivity contribution in [1.29, 1.82) is 5.26 Å². The number of carbonyl (C=O) groups is 1. The molecule has 3 aromatic rings. The first-order valence-corrected chi connectivity index (χ1v) is 14.9. The molecule has 3 heterocycles. The first kappa shape index (κ1) is 29.0. The molecule has 1 saturated heterocycles. The number of nitriles is 1. The Bertz CT molecular complexity index is 1650. The van der Waals surface area contributed by atoms with Crippen molar-refractivity contribution < 1.29 is 30.8 Å². The highest BCUT2D eigenvalue weighted by molar-refractivity contribution is 7.89. The molecule has 0 atom stereocenters. The molecule has 1 aromatic carbocycles. The van der Waals surface area contributed by atoms with E-state index in [4.69, 9.17) is 0 Å². The molecule has 11 nitrogen and oxygen atoms in total. The zero-order chi connectivity index (χ0) is 29.7. The average molecular weight is 613 g/mol. The molecular weight excluding hydrogens is 588 g/mol. The van der Waals surface area contributed by atoms with E-state index in [9.17, 15) is 36.0 Å². The monoisotopic (exact) mass is 612 g/mol. The molecule has 0 spiro atoms. The van der Waals surface area contributed by atoms with Gasteiger partial charge in [0.1, 0.15) is 11.2 Å². The molecule has 1 N–H and O–H groups in total. The number of halogens is 4. The van der Waals surface area contributed by atoms with E-state index in [0.717, 1.165) is 6.07 Å². The maximum absolute atomic E-state index is 13.9. The van der Waals surface area contributed by atoms with Gasteiger partial charge in [0.15, 0.2) is 15.8 Å². The second-order valence-electron chi connectivity index (χ2n) is 10.1. The Hall–Kier alpha value is -3.49. The number of hydrogen-bond donors (Lipinski definition) is 1. The lowest BCUT2D eigenvalue weighted by molar-refractivity contribution is -0.134. The fraction of sp³-hybridized carbons (Fsp3) is 0.500. The molecule has 1 amide bonds. The summed E-state index contributed by atoms with van der Waals surface area (Å²) in [6.45, 7) is 4.61. The average Bonchev–Trinajstić information content (AvgIpc) is 3.52. The SMILES string of the molecule is CC(C)C(=O)N1CCN(c2cc(S(=O)(=O)NC3(C#N)CC3)cc3c(-c4nnc(C(F)F)s4)nc(C(F)F)nc23)CC1. The summed E-state index contributed by atoms with van der Waals surface area (Å²) in [6.07, 6.45) is -5.46. The molecule has 0 radical (unpaired) electrons. The number of aromatic nitrogens is 4. The van der Waals surface area contributed by atoms with Crippen molar-refractivity contribution >= 4 is 43.9 Å². The van der Waals surface area contributed by atoms with Gasteiger partial charge in [-0.3, -0.25) is 4.79 Å². The highest BCUT2D eigenvalue weighted by Crippen LogP contribution is 2.40. The number of amides is 1. The van der Waals surface area contributed by atoms with Crippen LogP contribution in [0.25, 0.3) is 21.6 Å². The molecule has 0 bridgehead atoms. The lowest BCUT2D eigenvalue weighted by Gasteiger charge is -2.37. The van der Waals surface area contributed by atoms with E-state index in [1.54, 1.807) is 23.6 Å². The van der Waals surface area contributed by atoms with Crippen LogP contribution in [0.3, 0.4) is 0 Å². The van der Waals surface area contributed by atoms with Crippen LogP contribution < -0.4 is 9.62 Å². The fourth-order valence-corrected chi connectivity index (χ4v) is 6.62. The lowest BCUT2D eigenvalue weighted by atomic mass is 10.1. The summed E-state index contributed by atoms with van der Waals surface area (Å²) >= 11 is 0.441. The predicted octanol–water partition coefficient (Wildman–Crippen LogP) is 3.66. The molecular formula is C24H24F4N8O3S2. The second-order valence-corrected chi connectivity index (χ2v) is 12.8. The summed E-state index contributed by atoms with van der Waals surface area (Å²) in [4.78, 5) is 23.5. The van der Waals surface area contributed by atoms with E-state index in [2.05, 4.69) is 24.9 Å². The van der Waals surface area contributed by atoms with Crippen molar-refractivity contribution in [3.05, 3.63) is 23.0 Å². The predicted molar refractivity (Wildman–Crippen MR) is 140 cm³/mol. The lowest BCUT2D eigenvalue weighted by Crippen LogP contribution is -2.50. The maximum atomic E-state index is 13.9. The molecule has 2 aliphatic rings. The summed E-state index contributed by atoms with van der Waals surface area (Å²) in [7, 11) is -4.31. The van der Waals surface area contributed by atoms with Crippen LogP contribution in [-0.4, -0.2) is 71.1 Å². The van der Waals surface area contributed by atoms with Gasteiger partial charge in [-0.05, 0) is 25.0 Å². The van der Waals surface area contributed by atoms with Crippen molar-refractivity contribution in [2.45, 2.75) is 50.0 Å². The van der Waals surface area contributed by atoms with Gasteiger partial charge in [-0.1, -0.05) is 25.2 Å². The number of alkyl halides is 4. The largest absolute Gasteiger partial charge is 0.366 e. The van der Waals surface area contributed by atoms with E-state index in [1.807, 2.05) is 6.07 Å². The molecule has 41 heavy (non-hydrogen) atoms. The van der Waals surface area contributed by atoms with Gasteiger partial charge in [0.05, 0.1) is 22.2 Å². The van der Waals surface area contributed by atoms with E-state index in [1.165, 1.54) is 6.07 Å². The normalized spacial score (nSPS) is 17.1. The van der Waals surface area contributed by atoms with Crippen LogP contribution in [0.2, 0.25) is 0 Å². The van der Waals surface area contributed by atoms with Gasteiger partial charge in [-0.2, -0.15) is 9.98 Å². The number of nitrogens with one attached hydrogen (secondary N) is 1. The van der Waals surface area contributed by atoms with Crippen LogP contribution in [0.15, 0.2) is 17.0 Å². The first-order chi connectivity index (χ1) is 19.3. The summed E-state index contributed by atoms with van der Waals surface area (Å²) in [5.74, 6) is -1.19. The van der Waals surface area contributed by atoms with Crippen molar-refractivity contribution in [3.8, 4) is 16.8 Å². The van der Waals surface area contributed by atoms with Crippen molar-refractivity contribution in [2.75, 3.05) is 31.1 Å². The number of piperazine rings is 1. The Morgan fingerprint density at radius 1 is 1.07 bits per heavy atom. The molecule has 2 fully saturated rings. The van der Waals surface area contributed by atoms with Gasteiger partial charge < -0.3 is 9.80 Å². The second kappa shape index (κ2) is 10.7. The van der Waals surface area contributed by atoms with Gasteiger partial charge in [0, 0.05) is 37.5 Å². The number of anilines is 1. The zero-order valence-corrected chi connectivity index (χ0v) is 23.4. The van der Waals surface area contributed by atoms with Crippen LogP contribution in [0.1, 0.15) is 50.4 Å². The first-order valence-electron chi connectivity index (χ1n) is 12.6. The van der Waals surface area contributed by atoms with Crippen LogP contribution in [0, 0.1) is 17.2 Å². The van der Waals surface area contributed by atoms with Crippen molar-refractivity contribution in [3.63, 3.8) is 0 Å². The van der Waals surface area contributed by atoms with Gasteiger partial charge in [0.2, 0.25) is 15.9 Å². The Morgan fingerprint density at radius 3 is 2.29 bits per heavy atom. The number of sulfonamides is 1. The van der Waals surface area contributed by atoms with E-state index in [0.29, 0.717) is 37.3 Å². The summed E-state index contributed by atoms with van der Waals surface area (Å²) in [6, 6.07) is 4.38. The van der Waals surface area contributed by atoms with E-state index < -0.39 is 39.2 Å². The zero-order valence-electron chi connectivity index (χ0n) is 21.8. The third-order valence-electron chi connectivity index (χ3n) is 6.83. The molecule has 2 aromatic heterocycles. The van der Waals surface area contributed by atoms with E-state index in [-0.39, 0.29) is 57.1 Å². The Morgan fingerprint density at radius 2 is 1.76 bits per heavy atom. The summed E-state index contributed by atoms with van der Waals surface area (Å²) < 4.78 is 83.7. The number of benzene rings is 1. The fourth-order valence-electron chi connectivity index (χ4n) is 4.49. The van der Waals surface area contributed by atoms with Gasteiger partial charge in [-0.15, -0.1) is 10.2 Å². The van der Waals surface area contributed by atoms with Crippen molar-refractivity contribution in [2.24, 2.45) is 5.92 Å². The van der Waals surface area contributed by atoms with Gasteiger partial charge in [0.25, 0.3) is 12.9 Å². The molecule has 5 rings (SSSR count). The number of nitrogens with zero attached hydrogens (tertiary/aromatic N) is 7. The summed E-state index contributed by atoms with van der Waals surface area (Å²) in [5.41, 5.74) is -1.39. The topological polar surface area (TPSA) is 145 Å². The van der Waals surface area contributed by atoms with Crippen LogP contribution in [0.5, 0.6) is 0 Å². The number of fused-ring (bicyclic) bond motifs is 1. The van der Waals surface area contributed by atoms with Crippen LogP contribution in [0.4, 0.5) is 23.2 Å². The number of rotatable bonds is 8. The minimum atomic E-state index is -4.31. The van der Waals surface area contributed by atoms with E-state index >= 15 is 0 Å². The molecule has 0 unspecified atom stereocenters. The van der Waals surface area contributed by atoms with Gasteiger partial charge in [-0.25, -0.2) is 35.9 Å². The Balaban J connectivity index is 1.69. The molecule has 1 aliphatic carbocycles. The molecule has 218 valence electrons. The van der Waals surface area contributed by atoms with Crippen LogP contribution in [-0.2, 0) is 14.8 Å². The van der Waals surface area contributed by atoms with Crippen LogP contribution >= 0.6 is 11.3 Å². The third kappa shape index (κ3) is 5.68. The molecule has 1 saturated carbocycles. The number of carbonyl (C=O) groups excluding carboxylic acids is 1. The Labute approximate surface area is 236 Å². The highest BCUT2D eigenvalue weighted by atomic mass is 32.2. The highest BCUT2D eigenvalue weighted by Gasteiger charge is 2.47. The minimum Gasteiger partial charge on any atom is -0.366 e. The number of hydrogen-bond acceptors (Lipinski definition) is 10. The molecule has 17 heteroatoms. The third-order valence-corrected chi connectivity index (χ3v) is 9.28. The maximum Gasteiger partial charge on any atom is 0.297 e. The standard InChI is InChI=1S/C24H24F4N8O3S2/c1-12(2)23(37)36-7-5-35(6-8-36)15-10-13(41(38,39)34-24(11-29)3-4-24)9-14-16(15)30-20(18(25)26)31-17(14)21-32-33-22(40-21)19(27)28/h9-10,12,18-19,34H,3-8H2,1-2H3. The van der Waals surface area contributed by atoms with Crippen molar-refractivity contribution in [1.82, 2.24) is 29.8 Å². The summed E-state index contributed by atoms with van der Waals surface area (Å²) in [5, 5.41) is 15.7. The molecule has 1 aliphatic heterocycles. The smallest absolute Gasteiger partial charge is 0.297 e. The minimum absolute atomic E-state index is 0.0215. The van der Waals surface area contributed by atoms with Gasteiger partial charge >= 0.3 is 0 Å². The Kier molecular flexibility index (Phi) is 7.59.